The second-order valence-electron chi connectivity index (χ2n) is 7.27. The molecule has 0 saturated heterocycles. The molecule has 2 aromatic rings. The summed E-state index contributed by atoms with van der Waals surface area (Å²) in [4.78, 5) is 13.0. The molecule has 1 amide bonds. The third kappa shape index (κ3) is 5.25. The Balaban J connectivity index is 1.79. The number of nitrogens with one attached hydrogen (secondary N) is 1. The molecule has 0 heterocycles. The lowest BCUT2D eigenvalue weighted by molar-refractivity contribution is 0.0912. The maximum Gasteiger partial charge on any atom is 0.251 e. The van der Waals surface area contributed by atoms with Crippen LogP contribution in [-0.2, 0) is 6.42 Å². The van der Waals surface area contributed by atoms with Gasteiger partial charge in [0.1, 0.15) is 11.5 Å². The summed E-state index contributed by atoms with van der Waals surface area (Å²) in [6.45, 7) is 0. The molecule has 1 saturated carbocycles. The molecule has 0 aliphatic heterocycles. The maximum atomic E-state index is 13.0. The molecular weight excluding hydrogens is 338 g/mol. The molecule has 4 nitrogen and oxygen atoms in total. The summed E-state index contributed by atoms with van der Waals surface area (Å²) >= 11 is 0. The van der Waals surface area contributed by atoms with Gasteiger partial charge in [0, 0.05) is 17.7 Å². The minimum atomic E-state index is -0.0706. The van der Waals surface area contributed by atoms with Gasteiger partial charge in [-0.1, -0.05) is 49.6 Å². The zero-order chi connectivity index (χ0) is 19.1. The Kier molecular flexibility index (Phi) is 6.74. The van der Waals surface area contributed by atoms with Crippen LogP contribution in [-0.4, -0.2) is 26.2 Å². The summed E-state index contributed by atoms with van der Waals surface area (Å²) in [6, 6.07) is 15.9. The topological polar surface area (TPSA) is 47.6 Å². The van der Waals surface area contributed by atoms with Crippen LogP contribution in [0.1, 0.15) is 48.0 Å². The Morgan fingerprint density at radius 1 is 1.00 bits per heavy atom. The van der Waals surface area contributed by atoms with Crippen LogP contribution in [0.15, 0.2) is 48.5 Å². The molecule has 4 heteroatoms. The Hall–Kier alpha value is -2.49. The average molecular weight is 367 g/mol. The largest absolute Gasteiger partial charge is 0.497 e. The van der Waals surface area contributed by atoms with Gasteiger partial charge in [0.25, 0.3) is 5.91 Å². The zero-order valence-corrected chi connectivity index (χ0v) is 16.2. The summed E-state index contributed by atoms with van der Waals surface area (Å²) in [5, 5.41) is 3.30. The highest BCUT2D eigenvalue weighted by Gasteiger charge is 2.26. The number of hydrogen-bond acceptors (Lipinski definition) is 3. The molecule has 1 unspecified atom stereocenters. The van der Waals surface area contributed by atoms with Gasteiger partial charge in [0.05, 0.1) is 14.2 Å². The third-order valence-corrected chi connectivity index (χ3v) is 5.45. The highest BCUT2D eigenvalue weighted by atomic mass is 16.5. The first-order valence-electron chi connectivity index (χ1n) is 9.77. The number of carbonyl (C=O) groups is 1. The predicted molar refractivity (Wildman–Crippen MR) is 108 cm³/mol. The van der Waals surface area contributed by atoms with E-state index in [-0.39, 0.29) is 11.9 Å². The SMILES string of the molecule is COc1cc(OC)cc(C(=O)NC(Cc2ccccc2)C2CCCCC2)c1. The smallest absolute Gasteiger partial charge is 0.251 e. The van der Waals surface area contributed by atoms with E-state index in [1.165, 1.54) is 37.7 Å². The number of benzene rings is 2. The highest BCUT2D eigenvalue weighted by Crippen LogP contribution is 2.29. The molecule has 1 N–H and O–H groups in total. The molecule has 1 atom stereocenters. The van der Waals surface area contributed by atoms with E-state index in [0.29, 0.717) is 23.0 Å². The van der Waals surface area contributed by atoms with Crippen LogP contribution >= 0.6 is 0 Å². The molecular formula is C23H29NO3. The van der Waals surface area contributed by atoms with Gasteiger partial charge >= 0.3 is 0 Å². The summed E-state index contributed by atoms with van der Waals surface area (Å²) < 4.78 is 10.6. The van der Waals surface area contributed by atoms with Crippen molar-refractivity contribution in [2.75, 3.05) is 14.2 Å². The van der Waals surface area contributed by atoms with E-state index in [1.54, 1.807) is 32.4 Å². The summed E-state index contributed by atoms with van der Waals surface area (Å²) in [7, 11) is 3.19. The highest BCUT2D eigenvalue weighted by molar-refractivity contribution is 5.95. The van der Waals surface area contributed by atoms with Gasteiger partial charge in [-0.2, -0.15) is 0 Å². The second kappa shape index (κ2) is 9.45. The van der Waals surface area contributed by atoms with Gasteiger partial charge in [-0.15, -0.1) is 0 Å². The van der Waals surface area contributed by atoms with Crippen molar-refractivity contribution in [1.29, 1.82) is 0 Å². The maximum absolute atomic E-state index is 13.0. The Morgan fingerprint density at radius 2 is 1.63 bits per heavy atom. The fourth-order valence-corrected chi connectivity index (χ4v) is 3.93. The Labute approximate surface area is 161 Å². The third-order valence-electron chi connectivity index (χ3n) is 5.45. The quantitative estimate of drug-likeness (QED) is 0.776. The standard InChI is InChI=1S/C23H29NO3/c1-26-20-14-19(15-21(16-20)27-2)23(25)24-22(18-11-7-4-8-12-18)13-17-9-5-3-6-10-17/h3,5-6,9-10,14-16,18,22H,4,7-8,11-13H2,1-2H3,(H,24,25). The molecule has 1 aliphatic rings. The fourth-order valence-electron chi connectivity index (χ4n) is 3.93. The first-order valence-corrected chi connectivity index (χ1v) is 9.77. The van der Waals surface area contributed by atoms with Crippen LogP contribution in [0.3, 0.4) is 0 Å². The minimum absolute atomic E-state index is 0.0706. The predicted octanol–water partition coefficient (Wildman–Crippen LogP) is 4.63. The van der Waals surface area contributed by atoms with Crippen molar-refractivity contribution in [3.8, 4) is 11.5 Å². The molecule has 1 fully saturated rings. The van der Waals surface area contributed by atoms with Crippen LogP contribution < -0.4 is 14.8 Å². The van der Waals surface area contributed by atoms with Crippen molar-refractivity contribution >= 4 is 5.91 Å². The van der Waals surface area contributed by atoms with Crippen molar-refractivity contribution in [2.24, 2.45) is 5.92 Å². The van der Waals surface area contributed by atoms with Gasteiger partial charge in [-0.05, 0) is 42.9 Å². The van der Waals surface area contributed by atoms with Gasteiger partial charge in [-0.3, -0.25) is 4.79 Å². The van der Waals surface area contributed by atoms with E-state index in [4.69, 9.17) is 9.47 Å². The lowest BCUT2D eigenvalue weighted by Gasteiger charge is -2.31. The van der Waals surface area contributed by atoms with E-state index in [9.17, 15) is 4.79 Å². The first-order chi connectivity index (χ1) is 13.2. The van der Waals surface area contributed by atoms with Gasteiger partial charge < -0.3 is 14.8 Å². The van der Waals surface area contributed by atoms with Crippen molar-refractivity contribution < 1.29 is 14.3 Å². The van der Waals surface area contributed by atoms with Crippen LogP contribution in [0.25, 0.3) is 0 Å². The number of rotatable bonds is 7. The fraction of sp³-hybridized carbons (Fsp3) is 0.435. The monoisotopic (exact) mass is 367 g/mol. The van der Waals surface area contributed by atoms with Gasteiger partial charge in [-0.25, -0.2) is 0 Å². The van der Waals surface area contributed by atoms with Gasteiger partial charge in [0.2, 0.25) is 0 Å². The normalized spacial score (nSPS) is 15.8. The first kappa shape index (κ1) is 19.3. The molecule has 0 aromatic heterocycles. The van der Waals surface area contributed by atoms with Gasteiger partial charge in [0.15, 0.2) is 0 Å². The van der Waals surface area contributed by atoms with E-state index in [2.05, 4.69) is 29.6 Å². The van der Waals surface area contributed by atoms with Crippen LogP contribution in [0.2, 0.25) is 0 Å². The van der Waals surface area contributed by atoms with Crippen LogP contribution in [0.5, 0.6) is 11.5 Å². The molecule has 2 aromatic carbocycles. The second-order valence-corrected chi connectivity index (χ2v) is 7.27. The van der Waals surface area contributed by atoms with E-state index in [1.807, 2.05) is 6.07 Å². The number of carbonyl (C=O) groups excluding carboxylic acids is 1. The summed E-state index contributed by atoms with van der Waals surface area (Å²) in [5.41, 5.74) is 1.83. The molecule has 0 bridgehead atoms. The number of hydrogen-bond donors (Lipinski definition) is 1. The molecule has 27 heavy (non-hydrogen) atoms. The Morgan fingerprint density at radius 3 is 2.22 bits per heavy atom. The average Bonchev–Trinajstić information content (AvgIpc) is 2.74. The van der Waals surface area contributed by atoms with Crippen molar-refractivity contribution in [3.05, 3.63) is 59.7 Å². The van der Waals surface area contributed by atoms with Crippen LogP contribution in [0.4, 0.5) is 0 Å². The van der Waals surface area contributed by atoms with E-state index < -0.39 is 0 Å². The zero-order valence-electron chi connectivity index (χ0n) is 16.2. The lowest BCUT2D eigenvalue weighted by Crippen LogP contribution is -2.42. The molecule has 144 valence electrons. The minimum Gasteiger partial charge on any atom is -0.497 e. The number of methoxy groups -OCH3 is 2. The van der Waals surface area contributed by atoms with Crippen molar-refractivity contribution in [3.63, 3.8) is 0 Å². The lowest BCUT2D eigenvalue weighted by atomic mass is 9.81. The van der Waals surface area contributed by atoms with Crippen LogP contribution in [0, 0.1) is 5.92 Å². The van der Waals surface area contributed by atoms with E-state index in [0.717, 1.165) is 6.42 Å². The van der Waals surface area contributed by atoms with Crippen molar-refractivity contribution in [2.45, 2.75) is 44.6 Å². The van der Waals surface area contributed by atoms with Crippen molar-refractivity contribution in [1.82, 2.24) is 5.32 Å². The summed E-state index contributed by atoms with van der Waals surface area (Å²) in [6.07, 6.45) is 7.02. The molecule has 0 spiro atoms. The molecule has 1 aliphatic carbocycles. The van der Waals surface area contributed by atoms with E-state index >= 15 is 0 Å². The number of amides is 1. The number of ether oxygens (including phenoxy) is 2. The summed E-state index contributed by atoms with van der Waals surface area (Å²) in [5.74, 6) is 1.70. The molecule has 0 radical (unpaired) electrons. The molecule has 3 rings (SSSR count). The Bertz CT molecular complexity index is 716.